The number of hydrogen-bond donors (Lipinski definition) is 1. The van der Waals surface area contributed by atoms with Crippen LogP contribution in [-0.2, 0) is 14.3 Å². The van der Waals surface area contributed by atoms with Crippen molar-refractivity contribution in [3.05, 3.63) is 58.7 Å². The number of ether oxygens (including phenoxy) is 4. The molecule has 0 spiro atoms. The Morgan fingerprint density at radius 3 is 2.28 bits per heavy atom. The van der Waals surface area contributed by atoms with E-state index in [4.69, 9.17) is 18.9 Å². The standard InChI is InChI=1S/C27H32N2O7/c1-17-15-18(33-2)5-7-20(17)25(30)23-24(21-8-6-19(34-3)16-22(21)35-4)29(27(32)26(23)31)10-9-28-11-13-36-14-12-28/h5-8,15-16,24,30H,9-14H2,1-4H3/b25-23+. The zero-order chi connectivity index (χ0) is 25.8. The van der Waals surface area contributed by atoms with E-state index in [0.717, 1.165) is 13.1 Å². The average molecular weight is 497 g/mol. The topological polar surface area (TPSA) is 97.8 Å². The van der Waals surface area contributed by atoms with Gasteiger partial charge in [0.05, 0.1) is 46.2 Å². The predicted octanol–water partition coefficient (Wildman–Crippen LogP) is 2.77. The van der Waals surface area contributed by atoms with E-state index in [1.165, 1.54) is 12.0 Å². The number of aliphatic hydroxyl groups excluding tert-OH is 1. The molecule has 2 heterocycles. The second-order valence-electron chi connectivity index (χ2n) is 8.74. The van der Waals surface area contributed by atoms with Crippen LogP contribution in [0.2, 0.25) is 0 Å². The lowest BCUT2D eigenvalue weighted by Gasteiger charge is -2.31. The molecule has 0 bridgehead atoms. The van der Waals surface area contributed by atoms with E-state index >= 15 is 0 Å². The van der Waals surface area contributed by atoms with E-state index in [0.29, 0.717) is 60.2 Å². The van der Waals surface area contributed by atoms with Crippen molar-refractivity contribution in [3.63, 3.8) is 0 Å². The van der Waals surface area contributed by atoms with Crippen molar-refractivity contribution in [2.75, 3.05) is 60.7 Å². The molecule has 2 aromatic rings. The first-order chi connectivity index (χ1) is 17.4. The number of morpholine rings is 1. The Balaban J connectivity index is 1.82. The number of nitrogens with zero attached hydrogens (tertiary/aromatic N) is 2. The fraction of sp³-hybridized carbons (Fsp3) is 0.407. The Kier molecular flexibility index (Phi) is 7.81. The van der Waals surface area contributed by atoms with Gasteiger partial charge in [-0.3, -0.25) is 14.5 Å². The lowest BCUT2D eigenvalue weighted by Crippen LogP contribution is -2.42. The number of carbonyl (C=O) groups is 2. The van der Waals surface area contributed by atoms with Crippen molar-refractivity contribution in [2.45, 2.75) is 13.0 Å². The molecule has 1 unspecified atom stereocenters. The minimum atomic E-state index is -0.826. The molecular formula is C27H32N2O7. The lowest BCUT2D eigenvalue weighted by atomic mass is 9.93. The van der Waals surface area contributed by atoms with Gasteiger partial charge in [-0.2, -0.15) is 0 Å². The summed E-state index contributed by atoms with van der Waals surface area (Å²) in [6, 6.07) is 9.56. The van der Waals surface area contributed by atoms with Gasteiger partial charge >= 0.3 is 0 Å². The van der Waals surface area contributed by atoms with Crippen LogP contribution >= 0.6 is 0 Å². The number of likely N-dealkylation sites (tertiary alicyclic amines) is 1. The van der Waals surface area contributed by atoms with Gasteiger partial charge in [0.25, 0.3) is 11.7 Å². The summed E-state index contributed by atoms with van der Waals surface area (Å²) < 4.78 is 21.7. The molecule has 0 aromatic heterocycles. The maximum atomic E-state index is 13.4. The van der Waals surface area contributed by atoms with E-state index in [9.17, 15) is 14.7 Å². The Labute approximate surface area is 210 Å². The molecule has 1 amide bonds. The number of methoxy groups -OCH3 is 3. The number of carbonyl (C=O) groups excluding carboxylic acids is 2. The van der Waals surface area contributed by atoms with Gasteiger partial charge in [-0.15, -0.1) is 0 Å². The maximum absolute atomic E-state index is 13.4. The molecule has 36 heavy (non-hydrogen) atoms. The van der Waals surface area contributed by atoms with Gasteiger partial charge in [0.15, 0.2) is 0 Å². The Morgan fingerprint density at radius 2 is 1.64 bits per heavy atom. The molecule has 2 saturated heterocycles. The van der Waals surface area contributed by atoms with Crippen molar-refractivity contribution in [2.24, 2.45) is 0 Å². The largest absolute Gasteiger partial charge is 0.507 e. The van der Waals surface area contributed by atoms with E-state index < -0.39 is 17.7 Å². The van der Waals surface area contributed by atoms with Crippen LogP contribution in [0.3, 0.4) is 0 Å². The van der Waals surface area contributed by atoms with Crippen LogP contribution in [0.25, 0.3) is 5.76 Å². The van der Waals surface area contributed by atoms with E-state index in [-0.39, 0.29) is 11.3 Å². The minimum Gasteiger partial charge on any atom is -0.507 e. The second-order valence-corrected chi connectivity index (χ2v) is 8.74. The smallest absolute Gasteiger partial charge is 0.295 e. The molecule has 9 nitrogen and oxygen atoms in total. The molecular weight excluding hydrogens is 464 g/mol. The first-order valence-corrected chi connectivity index (χ1v) is 11.8. The third-order valence-corrected chi connectivity index (χ3v) is 6.72. The number of ketones is 1. The van der Waals surface area contributed by atoms with Crippen molar-refractivity contribution in [1.82, 2.24) is 9.80 Å². The zero-order valence-corrected chi connectivity index (χ0v) is 21.1. The van der Waals surface area contributed by atoms with E-state index in [2.05, 4.69) is 4.90 Å². The Hall–Kier alpha value is -3.56. The first-order valence-electron chi connectivity index (χ1n) is 11.8. The molecule has 2 aliphatic rings. The molecule has 2 fully saturated rings. The molecule has 9 heteroatoms. The number of aryl methyl sites for hydroxylation is 1. The van der Waals surface area contributed by atoms with Gasteiger partial charge in [0, 0.05) is 43.4 Å². The number of amides is 1. The molecule has 1 atom stereocenters. The highest BCUT2D eigenvalue weighted by Crippen LogP contribution is 2.44. The fourth-order valence-electron chi connectivity index (χ4n) is 4.73. The third-order valence-electron chi connectivity index (χ3n) is 6.72. The van der Waals surface area contributed by atoms with Crippen LogP contribution < -0.4 is 14.2 Å². The highest BCUT2D eigenvalue weighted by Gasteiger charge is 2.47. The van der Waals surface area contributed by atoms with Crippen LogP contribution in [0.5, 0.6) is 17.2 Å². The van der Waals surface area contributed by atoms with Crippen molar-refractivity contribution >= 4 is 17.4 Å². The van der Waals surface area contributed by atoms with Crippen LogP contribution in [-0.4, -0.2) is 87.3 Å². The van der Waals surface area contributed by atoms with Crippen molar-refractivity contribution < 1.29 is 33.6 Å². The van der Waals surface area contributed by atoms with E-state index in [1.807, 2.05) is 6.92 Å². The zero-order valence-electron chi connectivity index (χ0n) is 21.1. The molecule has 4 rings (SSSR count). The van der Waals surface area contributed by atoms with Gasteiger partial charge in [-0.1, -0.05) is 0 Å². The van der Waals surface area contributed by atoms with Crippen molar-refractivity contribution in [3.8, 4) is 17.2 Å². The summed E-state index contributed by atoms with van der Waals surface area (Å²) >= 11 is 0. The molecule has 1 N–H and O–H groups in total. The fourth-order valence-corrected chi connectivity index (χ4v) is 4.73. The summed E-state index contributed by atoms with van der Waals surface area (Å²) in [6.45, 7) is 5.47. The Morgan fingerprint density at radius 1 is 0.972 bits per heavy atom. The normalized spacial score (nSPS) is 20.0. The maximum Gasteiger partial charge on any atom is 0.295 e. The first kappa shape index (κ1) is 25.5. The molecule has 0 radical (unpaired) electrons. The molecule has 2 aromatic carbocycles. The SMILES string of the molecule is COc1ccc(/C(O)=C2\C(=O)C(=O)N(CCN3CCOCC3)C2c2ccc(OC)cc2OC)c(C)c1. The van der Waals surface area contributed by atoms with Gasteiger partial charge < -0.3 is 29.0 Å². The summed E-state index contributed by atoms with van der Waals surface area (Å²) in [5, 5.41) is 11.4. The van der Waals surface area contributed by atoms with Crippen molar-refractivity contribution in [1.29, 1.82) is 0 Å². The number of hydrogen-bond acceptors (Lipinski definition) is 8. The highest BCUT2D eigenvalue weighted by atomic mass is 16.5. The van der Waals surface area contributed by atoms with Crippen LogP contribution in [0, 0.1) is 6.92 Å². The molecule has 0 aliphatic carbocycles. The van der Waals surface area contributed by atoms with Gasteiger partial charge in [0.1, 0.15) is 23.0 Å². The summed E-state index contributed by atoms with van der Waals surface area (Å²) in [7, 11) is 4.63. The predicted molar refractivity (Wildman–Crippen MR) is 134 cm³/mol. The monoisotopic (exact) mass is 496 g/mol. The summed E-state index contributed by atoms with van der Waals surface area (Å²) in [4.78, 5) is 30.4. The van der Waals surface area contributed by atoms with Crippen LogP contribution in [0.1, 0.15) is 22.7 Å². The molecule has 2 aliphatic heterocycles. The number of aliphatic hydroxyl groups is 1. The summed E-state index contributed by atoms with van der Waals surface area (Å²) in [5.41, 5.74) is 1.79. The molecule has 0 saturated carbocycles. The lowest BCUT2D eigenvalue weighted by molar-refractivity contribution is -0.140. The number of benzene rings is 2. The van der Waals surface area contributed by atoms with Crippen LogP contribution in [0.15, 0.2) is 42.0 Å². The van der Waals surface area contributed by atoms with Gasteiger partial charge in [0.2, 0.25) is 0 Å². The highest BCUT2D eigenvalue weighted by molar-refractivity contribution is 6.46. The van der Waals surface area contributed by atoms with Gasteiger partial charge in [-0.25, -0.2) is 0 Å². The number of Topliss-reactive ketones (excluding diaryl/α,β-unsaturated/α-hetero) is 1. The summed E-state index contributed by atoms with van der Waals surface area (Å²) in [6.07, 6.45) is 0. The molecule has 192 valence electrons. The quantitative estimate of drug-likeness (QED) is 0.339. The average Bonchev–Trinajstić information content (AvgIpc) is 3.16. The number of rotatable bonds is 8. The Bertz CT molecular complexity index is 1170. The van der Waals surface area contributed by atoms with Gasteiger partial charge in [-0.05, 0) is 42.8 Å². The third kappa shape index (κ3) is 4.89. The minimum absolute atomic E-state index is 0.0266. The second kappa shape index (κ2) is 11.0. The summed E-state index contributed by atoms with van der Waals surface area (Å²) in [5.74, 6) is 0.0434. The van der Waals surface area contributed by atoms with E-state index in [1.54, 1.807) is 50.6 Å². The van der Waals surface area contributed by atoms with Crippen LogP contribution in [0.4, 0.5) is 0 Å².